The first-order valence-corrected chi connectivity index (χ1v) is 14.6. The van der Waals surface area contributed by atoms with E-state index in [9.17, 15) is 4.79 Å². The average molecular weight is 753 g/mol. The smallest absolute Gasteiger partial charge is 0.155 e. The Kier molecular flexibility index (Phi) is 10.8. The molecule has 0 aliphatic carbocycles. The number of aryl methyl sites for hydroxylation is 3. The van der Waals surface area contributed by atoms with Gasteiger partial charge in [0.25, 0.3) is 0 Å². The molecule has 5 aromatic rings. The van der Waals surface area contributed by atoms with Gasteiger partial charge in [-0.2, -0.15) is 0 Å². The van der Waals surface area contributed by atoms with Crippen molar-refractivity contribution in [1.82, 2.24) is 4.98 Å². The molecular formula is C37H38IrNO2S-. The van der Waals surface area contributed by atoms with Crippen LogP contribution in [0, 0.1) is 26.8 Å². The molecule has 2 heterocycles. The van der Waals surface area contributed by atoms with Crippen LogP contribution in [0.5, 0.6) is 0 Å². The molecule has 0 fully saturated rings. The molecule has 2 aromatic heterocycles. The molecular weight excluding hydrogens is 715 g/mol. The van der Waals surface area contributed by atoms with Gasteiger partial charge in [-0.05, 0) is 78.1 Å². The van der Waals surface area contributed by atoms with E-state index < -0.39 is 0 Å². The van der Waals surface area contributed by atoms with E-state index in [1.807, 2.05) is 6.20 Å². The second-order valence-corrected chi connectivity index (χ2v) is 12.8. The van der Waals surface area contributed by atoms with E-state index in [4.69, 9.17) is 10.1 Å². The van der Waals surface area contributed by atoms with Gasteiger partial charge in [-0.1, -0.05) is 76.2 Å². The largest absolute Gasteiger partial charge is 0.512 e. The van der Waals surface area contributed by atoms with Gasteiger partial charge < -0.3 is 10.1 Å². The summed E-state index contributed by atoms with van der Waals surface area (Å²) in [5.41, 5.74) is 11.1. The zero-order valence-corrected chi connectivity index (χ0v) is 28.8. The minimum absolute atomic E-state index is 0. The van der Waals surface area contributed by atoms with Crippen molar-refractivity contribution in [2.24, 2.45) is 0 Å². The third-order valence-electron chi connectivity index (χ3n) is 6.90. The molecule has 0 unspecified atom stereocenters. The van der Waals surface area contributed by atoms with E-state index in [-0.39, 0.29) is 37.1 Å². The Morgan fingerprint density at radius 3 is 2.07 bits per heavy atom. The summed E-state index contributed by atoms with van der Waals surface area (Å²) in [6.45, 7) is 16.1. The second kappa shape index (κ2) is 13.7. The van der Waals surface area contributed by atoms with Gasteiger partial charge in [0.05, 0.1) is 10.5 Å². The molecule has 0 spiro atoms. The van der Waals surface area contributed by atoms with E-state index in [2.05, 4.69) is 114 Å². The summed E-state index contributed by atoms with van der Waals surface area (Å²) in [5.74, 6) is -0.0625. The van der Waals surface area contributed by atoms with Crippen LogP contribution >= 0.6 is 11.3 Å². The Bertz CT molecular complexity index is 1720. The van der Waals surface area contributed by atoms with Crippen LogP contribution in [0.3, 0.4) is 0 Å². The first-order chi connectivity index (χ1) is 19.3. The SMILES string of the molecule is CC(=O)/C=C(/C)O.Cc1[c-]c(-c2cc3cc(-c4ccc(-c5c(C)cccc5C)cc4)sc3cn2)cc(C(C)(C)C)c1.[Ir]. The summed E-state index contributed by atoms with van der Waals surface area (Å²) in [6, 6.07) is 27.9. The third-order valence-corrected chi connectivity index (χ3v) is 8.04. The Labute approximate surface area is 267 Å². The Morgan fingerprint density at radius 2 is 1.52 bits per heavy atom. The fourth-order valence-corrected chi connectivity index (χ4v) is 5.90. The molecule has 0 amide bonds. The summed E-state index contributed by atoms with van der Waals surface area (Å²) in [7, 11) is 0. The molecule has 5 heteroatoms. The van der Waals surface area contributed by atoms with Gasteiger partial charge in [0.1, 0.15) is 0 Å². The molecule has 1 radical (unpaired) electrons. The van der Waals surface area contributed by atoms with Crippen LogP contribution < -0.4 is 0 Å². The monoisotopic (exact) mass is 753 g/mol. The number of nitrogens with zero attached hydrogens (tertiary/aromatic N) is 1. The molecule has 3 nitrogen and oxygen atoms in total. The third kappa shape index (κ3) is 8.13. The van der Waals surface area contributed by atoms with E-state index in [0.29, 0.717) is 0 Å². The van der Waals surface area contributed by atoms with E-state index in [1.54, 1.807) is 11.3 Å². The number of aromatic nitrogens is 1. The van der Waals surface area contributed by atoms with Crippen LogP contribution in [0.15, 0.2) is 84.8 Å². The maximum Gasteiger partial charge on any atom is 0.155 e. The van der Waals surface area contributed by atoms with Crippen LogP contribution in [0.2, 0.25) is 0 Å². The van der Waals surface area contributed by atoms with Crippen molar-refractivity contribution in [3.8, 4) is 32.8 Å². The molecule has 42 heavy (non-hydrogen) atoms. The molecule has 5 rings (SSSR count). The van der Waals surface area contributed by atoms with Gasteiger partial charge in [0.2, 0.25) is 0 Å². The first-order valence-electron chi connectivity index (χ1n) is 13.8. The van der Waals surface area contributed by atoms with E-state index >= 15 is 0 Å². The van der Waals surface area contributed by atoms with Crippen molar-refractivity contribution in [3.05, 3.63) is 113 Å². The average Bonchev–Trinajstić information content (AvgIpc) is 3.31. The summed E-state index contributed by atoms with van der Waals surface area (Å²) >= 11 is 1.80. The number of pyridine rings is 1. The minimum Gasteiger partial charge on any atom is -0.512 e. The molecule has 0 aliphatic heterocycles. The molecule has 3 aromatic carbocycles. The van der Waals surface area contributed by atoms with Crippen LogP contribution in [-0.2, 0) is 30.3 Å². The number of rotatable bonds is 4. The number of benzene rings is 3. The second-order valence-electron chi connectivity index (χ2n) is 11.7. The van der Waals surface area contributed by atoms with Gasteiger partial charge in [-0.25, -0.2) is 0 Å². The van der Waals surface area contributed by atoms with Gasteiger partial charge >= 0.3 is 0 Å². The maximum absolute atomic E-state index is 10.0. The summed E-state index contributed by atoms with van der Waals surface area (Å²) in [6.07, 6.45) is 3.18. The number of carbonyl (C=O) groups is 1. The molecule has 0 saturated heterocycles. The van der Waals surface area contributed by atoms with Crippen LogP contribution in [0.25, 0.3) is 42.9 Å². The van der Waals surface area contributed by atoms with Crippen molar-refractivity contribution in [1.29, 1.82) is 0 Å². The summed E-state index contributed by atoms with van der Waals surface area (Å²) in [5, 5.41) is 9.60. The van der Waals surface area contributed by atoms with Crippen molar-refractivity contribution >= 4 is 27.2 Å². The minimum atomic E-state index is -0.125. The number of ketones is 1. The number of fused-ring (bicyclic) bond motifs is 1. The van der Waals surface area contributed by atoms with Crippen molar-refractivity contribution < 1.29 is 30.0 Å². The van der Waals surface area contributed by atoms with Crippen LogP contribution in [0.4, 0.5) is 0 Å². The number of carbonyl (C=O) groups excluding carboxylic acids is 1. The van der Waals surface area contributed by atoms with Crippen LogP contribution in [-0.4, -0.2) is 15.9 Å². The number of aliphatic hydroxyl groups is 1. The standard InChI is InChI=1S/C32H30NS.C5H8O2.Ir/c1-20-14-25(16-27(15-20)32(4,5)6)28-17-26-18-29(34-30(26)19-33-28)23-10-12-24(13-11-23)31-21(2)8-7-9-22(31)3;1-4(6)3-5(2)7;/h7-13,15-19H,1-6H3;3,6H,1-2H3;/q-1;;/b;4-3-;. The maximum atomic E-state index is 10.0. The van der Waals surface area contributed by atoms with E-state index in [0.717, 1.165) is 16.8 Å². The molecule has 0 atom stereocenters. The van der Waals surface area contributed by atoms with Crippen LogP contribution in [0.1, 0.15) is 56.9 Å². The fraction of sp³-hybridized carbons (Fsp3) is 0.243. The van der Waals surface area contributed by atoms with Crippen molar-refractivity contribution in [2.75, 3.05) is 0 Å². The quantitative estimate of drug-likeness (QED) is 0.113. The molecule has 0 bridgehead atoms. The molecule has 219 valence electrons. The van der Waals surface area contributed by atoms with Gasteiger partial charge in [0, 0.05) is 37.3 Å². The number of thiophene rings is 1. The number of allylic oxidation sites excluding steroid dienone is 2. The van der Waals surface area contributed by atoms with E-state index in [1.165, 1.54) is 68.3 Å². The van der Waals surface area contributed by atoms with Gasteiger partial charge in [0.15, 0.2) is 5.78 Å². The number of aliphatic hydroxyl groups excluding tert-OH is 1. The summed E-state index contributed by atoms with van der Waals surface area (Å²) < 4.78 is 1.21. The van der Waals surface area contributed by atoms with Crippen molar-refractivity contribution in [3.63, 3.8) is 0 Å². The zero-order chi connectivity index (χ0) is 29.9. The molecule has 0 saturated carbocycles. The predicted octanol–water partition coefficient (Wildman–Crippen LogP) is 10.4. The zero-order valence-electron chi connectivity index (χ0n) is 25.5. The summed E-state index contributed by atoms with van der Waals surface area (Å²) in [4.78, 5) is 16.1. The van der Waals surface area contributed by atoms with Gasteiger partial charge in [-0.3, -0.25) is 4.79 Å². The molecule has 0 aliphatic rings. The Balaban J connectivity index is 0.000000541. The number of hydrogen-bond donors (Lipinski definition) is 1. The van der Waals surface area contributed by atoms with Crippen molar-refractivity contribution in [2.45, 2.75) is 60.8 Å². The Morgan fingerprint density at radius 1 is 0.905 bits per heavy atom. The predicted molar refractivity (Wildman–Crippen MR) is 175 cm³/mol. The topological polar surface area (TPSA) is 50.2 Å². The first kappa shape index (κ1) is 33.1. The Hall–Kier alpha value is -3.37. The molecule has 1 N–H and O–H groups in total. The normalized spacial score (nSPS) is 11.5. The number of hydrogen-bond acceptors (Lipinski definition) is 4. The van der Waals surface area contributed by atoms with Gasteiger partial charge in [-0.15, -0.1) is 46.2 Å². The fourth-order valence-electron chi connectivity index (χ4n) is 4.89.